The summed E-state index contributed by atoms with van der Waals surface area (Å²) in [5.41, 5.74) is 0.174. The standard InChI is InChI=1S/C14H19FN2O/c1-14(2)9-16-7-8-17(10-14)13(18)11-5-3-4-6-12(11)15/h3-6,16H,7-10H2,1-2H3. The van der Waals surface area contributed by atoms with Crippen molar-refractivity contribution in [1.82, 2.24) is 10.2 Å². The van der Waals surface area contributed by atoms with E-state index in [1.165, 1.54) is 6.07 Å². The van der Waals surface area contributed by atoms with Crippen LogP contribution in [0.3, 0.4) is 0 Å². The van der Waals surface area contributed by atoms with Crippen molar-refractivity contribution in [1.29, 1.82) is 0 Å². The zero-order chi connectivity index (χ0) is 13.2. The maximum Gasteiger partial charge on any atom is 0.256 e. The van der Waals surface area contributed by atoms with Crippen LogP contribution in [-0.2, 0) is 0 Å². The molecule has 1 N–H and O–H groups in total. The van der Waals surface area contributed by atoms with Crippen molar-refractivity contribution in [2.45, 2.75) is 13.8 Å². The van der Waals surface area contributed by atoms with Gasteiger partial charge in [-0.25, -0.2) is 4.39 Å². The van der Waals surface area contributed by atoms with Gasteiger partial charge in [0.1, 0.15) is 5.82 Å². The van der Waals surface area contributed by atoms with Gasteiger partial charge in [-0.1, -0.05) is 26.0 Å². The van der Waals surface area contributed by atoms with Crippen LogP contribution >= 0.6 is 0 Å². The molecular weight excluding hydrogens is 231 g/mol. The fourth-order valence-corrected chi connectivity index (χ4v) is 2.27. The second kappa shape index (κ2) is 5.06. The molecular formula is C14H19FN2O. The first-order chi connectivity index (χ1) is 8.49. The molecule has 0 atom stereocenters. The smallest absolute Gasteiger partial charge is 0.256 e. The second-order valence-corrected chi connectivity index (χ2v) is 5.55. The number of hydrogen-bond acceptors (Lipinski definition) is 2. The van der Waals surface area contributed by atoms with Crippen LogP contribution in [0.4, 0.5) is 4.39 Å². The van der Waals surface area contributed by atoms with E-state index in [0.29, 0.717) is 13.1 Å². The second-order valence-electron chi connectivity index (χ2n) is 5.55. The Bertz CT molecular complexity index is 445. The van der Waals surface area contributed by atoms with Gasteiger partial charge in [-0.2, -0.15) is 0 Å². The van der Waals surface area contributed by atoms with Gasteiger partial charge in [-0.3, -0.25) is 4.79 Å². The van der Waals surface area contributed by atoms with Gasteiger partial charge in [-0.15, -0.1) is 0 Å². The predicted octanol–water partition coefficient (Wildman–Crippen LogP) is 1.90. The van der Waals surface area contributed by atoms with E-state index in [9.17, 15) is 9.18 Å². The summed E-state index contributed by atoms with van der Waals surface area (Å²) in [7, 11) is 0. The molecule has 1 saturated heterocycles. The summed E-state index contributed by atoms with van der Waals surface area (Å²) >= 11 is 0. The third-order valence-electron chi connectivity index (χ3n) is 3.17. The Morgan fingerprint density at radius 1 is 1.39 bits per heavy atom. The topological polar surface area (TPSA) is 32.3 Å². The van der Waals surface area contributed by atoms with Crippen molar-refractivity contribution in [3.8, 4) is 0 Å². The zero-order valence-electron chi connectivity index (χ0n) is 10.9. The number of nitrogens with one attached hydrogen (secondary N) is 1. The van der Waals surface area contributed by atoms with Crippen LogP contribution in [0.25, 0.3) is 0 Å². The lowest BCUT2D eigenvalue weighted by Crippen LogP contribution is -2.39. The van der Waals surface area contributed by atoms with Crippen molar-refractivity contribution in [2.24, 2.45) is 5.41 Å². The maximum atomic E-state index is 13.6. The summed E-state index contributed by atoms with van der Waals surface area (Å²) in [5, 5.41) is 3.30. The van der Waals surface area contributed by atoms with Gasteiger partial charge in [0, 0.05) is 26.2 Å². The van der Waals surface area contributed by atoms with E-state index in [0.717, 1.165) is 13.1 Å². The molecule has 0 bridgehead atoms. The van der Waals surface area contributed by atoms with Crippen LogP contribution in [0.1, 0.15) is 24.2 Å². The highest BCUT2D eigenvalue weighted by atomic mass is 19.1. The maximum absolute atomic E-state index is 13.6. The molecule has 1 aliphatic heterocycles. The van der Waals surface area contributed by atoms with Crippen LogP contribution in [0, 0.1) is 11.2 Å². The fourth-order valence-electron chi connectivity index (χ4n) is 2.27. The summed E-state index contributed by atoms with van der Waals surface area (Å²) in [6.45, 7) is 7.10. The van der Waals surface area contributed by atoms with E-state index >= 15 is 0 Å². The summed E-state index contributed by atoms with van der Waals surface area (Å²) in [5.74, 6) is -0.664. The number of carbonyl (C=O) groups excluding carboxylic acids is 1. The first kappa shape index (κ1) is 13.0. The Labute approximate surface area is 107 Å². The van der Waals surface area contributed by atoms with Gasteiger partial charge in [0.25, 0.3) is 5.91 Å². The Hall–Kier alpha value is -1.42. The van der Waals surface area contributed by atoms with Crippen LogP contribution in [-0.4, -0.2) is 37.0 Å². The summed E-state index contributed by atoms with van der Waals surface area (Å²) < 4.78 is 13.6. The SMILES string of the molecule is CC1(C)CNCCN(C(=O)c2ccccc2F)C1. The Morgan fingerprint density at radius 2 is 2.11 bits per heavy atom. The first-order valence-corrected chi connectivity index (χ1v) is 6.24. The first-order valence-electron chi connectivity index (χ1n) is 6.24. The van der Waals surface area contributed by atoms with E-state index < -0.39 is 5.82 Å². The number of benzene rings is 1. The number of nitrogens with zero attached hydrogens (tertiary/aromatic N) is 1. The molecule has 2 rings (SSSR count). The average molecular weight is 250 g/mol. The molecule has 1 heterocycles. The Balaban J connectivity index is 2.20. The third kappa shape index (κ3) is 2.88. The van der Waals surface area contributed by atoms with Crippen LogP contribution in [0.5, 0.6) is 0 Å². The molecule has 98 valence electrons. The van der Waals surface area contributed by atoms with Gasteiger partial charge in [0.2, 0.25) is 0 Å². The molecule has 1 aliphatic rings. The molecule has 4 heteroatoms. The molecule has 3 nitrogen and oxygen atoms in total. The quantitative estimate of drug-likeness (QED) is 0.825. The average Bonchev–Trinajstić information content (AvgIpc) is 2.50. The molecule has 18 heavy (non-hydrogen) atoms. The highest BCUT2D eigenvalue weighted by Crippen LogP contribution is 2.20. The molecule has 1 amide bonds. The molecule has 0 radical (unpaired) electrons. The normalized spacial score (nSPS) is 19.4. The van der Waals surface area contributed by atoms with E-state index in [2.05, 4.69) is 19.2 Å². The minimum atomic E-state index is -0.447. The van der Waals surface area contributed by atoms with Crippen LogP contribution in [0.15, 0.2) is 24.3 Å². The number of hydrogen-bond donors (Lipinski definition) is 1. The number of halogens is 1. The monoisotopic (exact) mass is 250 g/mol. The van der Waals surface area contributed by atoms with E-state index in [-0.39, 0.29) is 16.9 Å². The van der Waals surface area contributed by atoms with Gasteiger partial charge in [-0.05, 0) is 17.5 Å². The lowest BCUT2D eigenvalue weighted by Gasteiger charge is -2.29. The molecule has 0 unspecified atom stereocenters. The van der Waals surface area contributed by atoms with Crippen LogP contribution in [0.2, 0.25) is 0 Å². The van der Waals surface area contributed by atoms with E-state index in [4.69, 9.17) is 0 Å². The summed E-state index contributed by atoms with van der Waals surface area (Å²) in [6.07, 6.45) is 0. The summed E-state index contributed by atoms with van der Waals surface area (Å²) in [6, 6.07) is 6.16. The van der Waals surface area contributed by atoms with E-state index in [1.54, 1.807) is 23.1 Å². The third-order valence-corrected chi connectivity index (χ3v) is 3.17. The van der Waals surface area contributed by atoms with Crippen molar-refractivity contribution in [3.05, 3.63) is 35.6 Å². The molecule has 1 aromatic carbocycles. The molecule has 0 aliphatic carbocycles. The number of carbonyl (C=O) groups is 1. The zero-order valence-corrected chi connectivity index (χ0v) is 10.9. The van der Waals surface area contributed by atoms with Crippen LogP contribution < -0.4 is 5.32 Å². The number of rotatable bonds is 1. The number of amides is 1. The van der Waals surface area contributed by atoms with Gasteiger partial charge in [0.15, 0.2) is 0 Å². The van der Waals surface area contributed by atoms with E-state index in [1.807, 2.05) is 0 Å². The Kier molecular flexibility index (Phi) is 3.66. The molecule has 0 aromatic heterocycles. The fraction of sp³-hybridized carbons (Fsp3) is 0.500. The highest BCUT2D eigenvalue weighted by Gasteiger charge is 2.28. The summed E-state index contributed by atoms with van der Waals surface area (Å²) in [4.78, 5) is 14.1. The lowest BCUT2D eigenvalue weighted by molar-refractivity contribution is 0.0712. The molecule has 1 fully saturated rings. The van der Waals surface area contributed by atoms with Crippen molar-refractivity contribution >= 4 is 5.91 Å². The Morgan fingerprint density at radius 3 is 2.83 bits per heavy atom. The van der Waals surface area contributed by atoms with Crippen molar-refractivity contribution < 1.29 is 9.18 Å². The van der Waals surface area contributed by atoms with Gasteiger partial charge >= 0.3 is 0 Å². The largest absolute Gasteiger partial charge is 0.337 e. The minimum Gasteiger partial charge on any atom is -0.337 e. The van der Waals surface area contributed by atoms with Gasteiger partial charge < -0.3 is 10.2 Å². The highest BCUT2D eigenvalue weighted by molar-refractivity contribution is 5.94. The molecule has 1 aromatic rings. The minimum absolute atomic E-state index is 0.0113. The lowest BCUT2D eigenvalue weighted by atomic mass is 9.93. The van der Waals surface area contributed by atoms with Crippen molar-refractivity contribution in [3.63, 3.8) is 0 Å². The molecule has 0 saturated carbocycles. The van der Waals surface area contributed by atoms with Crippen molar-refractivity contribution in [2.75, 3.05) is 26.2 Å². The predicted molar refractivity (Wildman–Crippen MR) is 69.0 cm³/mol. The van der Waals surface area contributed by atoms with Gasteiger partial charge in [0.05, 0.1) is 5.56 Å². The molecule has 0 spiro atoms.